The van der Waals surface area contributed by atoms with E-state index in [0.29, 0.717) is 12.3 Å². The summed E-state index contributed by atoms with van der Waals surface area (Å²) in [5.41, 5.74) is 0.922. The predicted octanol–water partition coefficient (Wildman–Crippen LogP) is 2.45. The van der Waals surface area contributed by atoms with E-state index in [4.69, 9.17) is 4.74 Å². The normalized spacial score (nSPS) is 12.8. The first kappa shape index (κ1) is 13.4. The van der Waals surface area contributed by atoms with Crippen molar-refractivity contribution in [3.8, 4) is 5.88 Å². The highest BCUT2D eigenvalue weighted by atomic mass is 16.5. The summed E-state index contributed by atoms with van der Waals surface area (Å²) in [6.07, 6.45) is -0.404. The maximum absolute atomic E-state index is 11.2. The largest absolute Gasteiger partial charge is 0.479 e. The summed E-state index contributed by atoms with van der Waals surface area (Å²) in [4.78, 5) is 11.2. The maximum Gasteiger partial charge on any atom is 0.344 e. The Morgan fingerprint density at radius 2 is 2.11 bits per heavy atom. The molecule has 2 aromatic rings. The minimum absolute atomic E-state index is 0.246. The van der Waals surface area contributed by atoms with Gasteiger partial charge in [0.15, 0.2) is 6.10 Å². The minimum atomic E-state index is -0.955. The molecular formula is C14H18N2O3. The number of nitrogens with zero attached hydrogens (tertiary/aromatic N) is 2. The van der Waals surface area contributed by atoms with Gasteiger partial charge >= 0.3 is 5.97 Å². The molecule has 0 saturated carbocycles. The molecule has 0 fully saturated rings. The van der Waals surface area contributed by atoms with Crippen molar-refractivity contribution >= 4 is 16.9 Å². The lowest BCUT2D eigenvalue weighted by Gasteiger charge is -2.15. The molecule has 0 radical (unpaired) electrons. The Labute approximate surface area is 111 Å². The lowest BCUT2D eigenvalue weighted by atomic mass is 10.1. The molecule has 2 rings (SSSR count). The average molecular weight is 262 g/mol. The van der Waals surface area contributed by atoms with Crippen LogP contribution in [0.1, 0.15) is 20.3 Å². The molecule has 102 valence electrons. The van der Waals surface area contributed by atoms with Crippen molar-refractivity contribution in [1.82, 2.24) is 9.78 Å². The molecule has 1 aromatic heterocycles. The van der Waals surface area contributed by atoms with Crippen molar-refractivity contribution in [2.45, 2.75) is 26.4 Å². The number of carboxylic acid groups (broad SMARTS) is 1. The molecule has 1 unspecified atom stereocenters. The number of rotatable bonds is 5. The Bertz CT molecular complexity index is 589. The van der Waals surface area contributed by atoms with Gasteiger partial charge < -0.3 is 9.84 Å². The van der Waals surface area contributed by atoms with E-state index >= 15 is 0 Å². The number of para-hydroxylation sites is 1. The van der Waals surface area contributed by atoms with Crippen LogP contribution >= 0.6 is 0 Å². The van der Waals surface area contributed by atoms with Gasteiger partial charge in [-0.3, -0.25) is 4.68 Å². The first-order chi connectivity index (χ1) is 8.99. The lowest BCUT2D eigenvalue weighted by Crippen LogP contribution is -2.28. The molecule has 1 atom stereocenters. The van der Waals surface area contributed by atoms with E-state index in [-0.39, 0.29) is 5.92 Å². The third-order valence-electron chi connectivity index (χ3n) is 2.94. The molecule has 0 aliphatic carbocycles. The van der Waals surface area contributed by atoms with Gasteiger partial charge in [0.25, 0.3) is 0 Å². The molecule has 0 saturated heterocycles. The van der Waals surface area contributed by atoms with E-state index in [1.54, 1.807) is 4.68 Å². The Balaban J connectivity index is 2.31. The van der Waals surface area contributed by atoms with Gasteiger partial charge in [0.05, 0.1) is 10.9 Å². The van der Waals surface area contributed by atoms with E-state index in [1.165, 1.54) is 0 Å². The van der Waals surface area contributed by atoms with Gasteiger partial charge in [-0.1, -0.05) is 26.0 Å². The number of fused-ring (bicyclic) bond motifs is 1. The molecule has 0 bridgehead atoms. The molecule has 0 aliphatic heterocycles. The number of benzene rings is 1. The number of carbonyl (C=O) groups is 1. The Hall–Kier alpha value is -2.04. The second-order valence-electron chi connectivity index (χ2n) is 5.02. The standard InChI is InChI=1S/C14H18N2O3/c1-9(2)8-12(14(17)18)19-13-10-6-4-5-7-11(10)16(3)15-13/h4-7,9,12H,8H2,1-3H3,(H,17,18). The summed E-state index contributed by atoms with van der Waals surface area (Å²) in [5, 5.41) is 14.3. The van der Waals surface area contributed by atoms with Crippen molar-refractivity contribution in [2.75, 3.05) is 0 Å². The number of aryl methyl sites for hydroxylation is 1. The van der Waals surface area contributed by atoms with Crippen LogP contribution in [0.4, 0.5) is 0 Å². The van der Waals surface area contributed by atoms with Crippen molar-refractivity contribution in [2.24, 2.45) is 13.0 Å². The molecule has 5 heteroatoms. The molecule has 1 aromatic carbocycles. The topological polar surface area (TPSA) is 64.4 Å². The molecule has 1 heterocycles. The van der Waals surface area contributed by atoms with Crippen molar-refractivity contribution in [3.63, 3.8) is 0 Å². The average Bonchev–Trinajstić information content (AvgIpc) is 2.66. The Morgan fingerprint density at radius 1 is 1.42 bits per heavy atom. The van der Waals surface area contributed by atoms with Gasteiger partial charge in [0, 0.05) is 7.05 Å². The fraction of sp³-hybridized carbons (Fsp3) is 0.429. The summed E-state index contributed by atoms with van der Waals surface area (Å²) in [6.45, 7) is 3.94. The van der Waals surface area contributed by atoms with Crippen LogP contribution in [-0.4, -0.2) is 27.0 Å². The first-order valence-corrected chi connectivity index (χ1v) is 6.30. The molecule has 0 amide bonds. The van der Waals surface area contributed by atoms with Crippen LogP contribution in [0.25, 0.3) is 10.9 Å². The Morgan fingerprint density at radius 3 is 2.74 bits per heavy atom. The SMILES string of the molecule is CC(C)CC(Oc1nn(C)c2ccccc12)C(=O)O. The van der Waals surface area contributed by atoms with Crippen LogP contribution in [0.15, 0.2) is 24.3 Å². The van der Waals surface area contributed by atoms with Gasteiger partial charge in [-0.2, -0.15) is 0 Å². The number of hydrogen-bond donors (Lipinski definition) is 1. The summed E-state index contributed by atoms with van der Waals surface area (Å²) >= 11 is 0. The quantitative estimate of drug-likeness (QED) is 0.899. The minimum Gasteiger partial charge on any atom is -0.479 e. The van der Waals surface area contributed by atoms with E-state index in [2.05, 4.69) is 5.10 Å². The number of carboxylic acids is 1. The van der Waals surface area contributed by atoms with Crippen LogP contribution in [0.2, 0.25) is 0 Å². The van der Waals surface area contributed by atoms with Crippen LogP contribution in [0, 0.1) is 5.92 Å². The number of aromatic nitrogens is 2. The van der Waals surface area contributed by atoms with Crippen LogP contribution < -0.4 is 4.74 Å². The highest BCUT2D eigenvalue weighted by molar-refractivity contribution is 5.85. The number of hydrogen-bond acceptors (Lipinski definition) is 3. The zero-order valence-electron chi connectivity index (χ0n) is 11.3. The van der Waals surface area contributed by atoms with Gasteiger partial charge in [0.1, 0.15) is 0 Å². The second kappa shape index (κ2) is 5.30. The molecule has 1 N–H and O–H groups in total. The van der Waals surface area contributed by atoms with Gasteiger partial charge in [0.2, 0.25) is 5.88 Å². The molecule has 19 heavy (non-hydrogen) atoms. The summed E-state index contributed by atoms with van der Waals surface area (Å²) < 4.78 is 7.28. The third kappa shape index (κ3) is 2.86. The highest BCUT2D eigenvalue weighted by Gasteiger charge is 2.23. The fourth-order valence-corrected chi connectivity index (χ4v) is 2.03. The maximum atomic E-state index is 11.2. The third-order valence-corrected chi connectivity index (χ3v) is 2.94. The molecule has 0 aliphatic rings. The number of ether oxygens (including phenoxy) is 1. The smallest absolute Gasteiger partial charge is 0.344 e. The zero-order valence-corrected chi connectivity index (χ0v) is 11.3. The summed E-state index contributed by atoms with van der Waals surface area (Å²) in [6, 6.07) is 7.60. The van der Waals surface area contributed by atoms with E-state index in [0.717, 1.165) is 10.9 Å². The number of aliphatic carboxylic acids is 1. The van der Waals surface area contributed by atoms with Crippen molar-refractivity contribution < 1.29 is 14.6 Å². The predicted molar refractivity (Wildman–Crippen MR) is 72.2 cm³/mol. The van der Waals surface area contributed by atoms with Crippen LogP contribution in [-0.2, 0) is 11.8 Å². The highest BCUT2D eigenvalue weighted by Crippen LogP contribution is 2.25. The Kier molecular flexibility index (Phi) is 3.74. The van der Waals surface area contributed by atoms with Crippen molar-refractivity contribution in [3.05, 3.63) is 24.3 Å². The van der Waals surface area contributed by atoms with Gasteiger partial charge in [-0.15, -0.1) is 5.10 Å². The lowest BCUT2D eigenvalue weighted by molar-refractivity contribution is -0.145. The summed E-state index contributed by atoms with van der Waals surface area (Å²) in [7, 11) is 1.81. The summed E-state index contributed by atoms with van der Waals surface area (Å²) in [5.74, 6) is -0.328. The van der Waals surface area contributed by atoms with E-state index in [9.17, 15) is 9.90 Å². The van der Waals surface area contributed by atoms with Gasteiger partial charge in [-0.05, 0) is 24.5 Å². The van der Waals surface area contributed by atoms with Crippen molar-refractivity contribution in [1.29, 1.82) is 0 Å². The van der Waals surface area contributed by atoms with E-state index in [1.807, 2.05) is 45.2 Å². The van der Waals surface area contributed by atoms with Crippen LogP contribution in [0.5, 0.6) is 5.88 Å². The fourth-order valence-electron chi connectivity index (χ4n) is 2.03. The molecule has 0 spiro atoms. The monoisotopic (exact) mass is 262 g/mol. The molecular weight excluding hydrogens is 244 g/mol. The van der Waals surface area contributed by atoms with E-state index < -0.39 is 12.1 Å². The van der Waals surface area contributed by atoms with Gasteiger partial charge in [-0.25, -0.2) is 4.79 Å². The first-order valence-electron chi connectivity index (χ1n) is 6.30. The zero-order chi connectivity index (χ0) is 14.0. The molecule has 5 nitrogen and oxygen atoms in total. The van der Waals surface area contributed by atoms with Crippen LogP contribution in [0.3, 0.4) is 0 Å². The second-order valence-corrected chi connectivity index (χ2v) is 5.02.